The van der Waals surface area contributed by atoms with Crippen LogP contribution in [0.2, 0.25) is 0 Å². The zero-order chi connectivity index (χ0) is 12.2. The highest BCUT2D eigenvalue weighted by Crippen LogP contribution is 2.61. The molecule has 1 saturated heterocycles. The maximum absolute atomic E-state index is 6.01. The summed E-state index contributed by atoms with van der Waals surface area (Å²) in [6, 6.07) is 9.06. The van der Waals surface area contributed by atoms with Crippen molar-refractivity contribution in [2.24, 2.45) is 11.3 Å². The average Bonchev–Trinajstić information content (AvgIpc) is 2.81. The van der Waals surface area contributed by atoms with Crippen LogP contribution in [0.1, 0.15) is 30.9 Å². The SMILES string of the molecule is C[C@@H]1C=CC[C@]23CCc4ccccc4[C@@]12COC3. The first-order valence-corrected chi connectivity index (χ1v) is 7.11. The Bertz CT molecular complexity index is 518. The van der Waals surface area contributed by atoms with Gasteiger partial charge in [-0.25, -0.2) is 0 Å². The Hall–Kier alpha value is -1.08. The molecule has 0 radical (unpaired) electrons. The largest absolute Gasteiger partial charge is 0.380 e. The van der Waals surface area contributed by atoms with E-state index in [1.807, 2.05) is 0 Å². The second-order valence-electron chi connectivity index (χ2n) is 6.32. The van der Waals surface area contributed by atoms with Crippen LogP contribution < -0.4 is 0 Å². The first-order chi connectivity index (χ1) is 8.79. The predicted molar refractivity (Wildman–Crippen MR) is 72.6 cm³/mol. The van der Waals surface area contributed by atoms with Crippen LogP contribution in [0.15, 0.2) is 36.4 Å². The first kappa shape index (κ1) is 10.8. The van der Waals surface area contributed by atoms with Gasteiger partial charge in [-0.1, -0.05) is 43.3 Å². The highest BCUT2D eigenvalue weighted by atomic mass is 16.5. The van der Waals surface area contributed by atoms with Crippen molar-refractivity contribution in [2.75, 3.05) is 13.2 Å². The molecule has 0 amide bonds. The third kappa shape index (κ3) is 1.07. The molecule has 1 aliphatic heterocycles. The predicted octanol–water partition coefficient (Wildman–Crippen LogP) is 3.48. The summed E-state index contributed by atoms with van der Waals surface area (Å²) in [6.07, 6.45) is 8.52. The molecule has 1 fully saturated rings. The van der Waals surface area contributed by atoms with E-state index in [0.717, 1.165) is 13.2 Å². The summed E-state index contributed by atoms with van der Waals surface area (Å²) in [5.41, 5.74) is 3.75. The van der Waals surface area contributed by atoms with Crippen molar-refractivity contribution >= 4 is 0 Å². The Morgan fingerprint density at radius 2 is 2.11 bits per heavy atom. The van der Waals surface area contributed by atoms with E-state index in [-0.39, 0.29) is 5.41 Å². The van der Waals surface area contributed by atoms with E-state index in [9.17, 15) is 0 Å². The lowest BCUT2D eigenvalue weighted by molar-refractivity contribution is 0.0997. The van der Waals surface area contributed by atoms with E-state index >= 15 is 0 Å². The van der Waals surface area contributed by atoms with Crippen LogP contribution in [0, 0.1) is 11.3 Å². The normalized spacial score (nSPS) is 41.1. The van der Waals surface area contributed by atoms with Crippen molar-refractivity contribution in [3.8, 4) is 0 Å². The van der Waals surface area contributed by atoms with Gasteiger partial charge in [0.15, 0.2) is 0 Å². The van der Waals surface area contributed by atoms with Crippen LogP contribution in [0.25, 0.3) is 0 Å². The van der Waals surface area contributed by atoms with Crippen molar-refractivity contribution in [1.82, 2.24) is 0 Å². The molecule has 3 atom stereocenters. The third-order valence-corrected chi connectivity index (χ3v) is 5.74. The molecule has 1 nitrogen and oxygen atoms in total. The van der Waals surface area contributed by atoms with Crippen molar-refractivity contribution in [1.29, 1.82) is 0 Å². The number of allylic oxidation sites excluding steroid dienone is 2. The Morgan fingerprint density at radius 3 is 3.06 bits per heavy atom. The molecular weight excluding hydrogens is 220 g/mol. The zero-order valence-corrected chi connectivity index (χ0v) is 11.0. The summed E-state index contributed by atoms with van der Waals surface area (Å²) in [5.74, 6) is 0.593. The summed E-state index contributed by atoms with van der Waals surface area (Å²) >= 11 is 0. The van der Waals surface area contributed by atoms with Gasteiger partial charge in [-0.2, -0.15) is 0 Å². The third-order valence-electron chi connectivity index (χ3n) is 5.74. The monoisotopic (exact) mass is 240 g/mol. The lowest BCUT2D eigenvalue weighted by Crippen LogP contribution is -2.53. The van der Waals surface area contributed by atoms with E-state index in [1.54, 1.807) is 11.1 Å². The second-order valence-corrected chi connectivity index (χ2v) is 6.32. The van der Waals surface area contributed by atoms with Crippen molar-refractivity contribution in [2.45, 2.75) is 31.6 Å². The quantitative estimate of drug-likeness (QED) is 0.631. The fraction of sp³-hybridized carbons (Fsp3) is 0.529. The van der Waals surface area contributed by atoms with Crippen LogP contribution in [-0.2, 0) is 16.6 Å². The van der Waals surface area contributed by atoms with Gasteiger partial charge in [0, 0.05) is 10.8 Å². The van der Waals surface area contributed by atoms with Crippen LogP contribution in [0.4, 0.5) is 0 Å². The van der Waals surface area contributed by atoms with Gasteiger partial charge >= 0.3 is 0 Å². The number of fused-ring (bicyclic) bond motifs is 1. The summed E-state index contributed by atoms with van der Waals surface area (Å²) in [5, 5.41) is 0. The molecule has 0 saturated carbocycles. The van der Waals surface area contributed by atoms with Crippen LogP contribution in [0.3, 0.4) is 0 Å². The van der Waals surface area contributed by atoms with Crippen molar-refractivity contribution < 1.29 is 4.74 Å². The van der Waals surface area contributed by atoms with Gasteiger partial charge in [0.05, 0.1) is 13.2 Å². The number of hydrogen-bond acceptors (Lipinski definition) is 1. The van der Waals surface area contributed by atoms with Gasteiger partial charge in [0.2, 0.25) is 0 Å². The number of ether oxygens (including phenoxy) is 1. The Balaban J connectivity index is 2.00. The maximum Gasteiger partial charge on any atom is 0.0575 e. The van der Waals surface area contributed by atoms with E-state index < -0.39 is 0 Å². The molecule has 18 heavy (non-hydrogen) atoms. The van der Waals surface area contributed by atoms with Gasteiger partial charge in [0.25, 0.3) is 0 Å². The molecule has 1 aromatic rings. The van der Waals surface area contributed by atoms with E-state index in [1.165, 1.54) is 19.3 Å². The molecular formula is C17H20O. The highest BCUT2D eigenvalue weighted by molar-refractivity contribution is 5.44. The molecule has 0 unspecified atom stereocenters. The summed E-state index contributed by atoms with van der Waals surface area (Å²) in [4.78, 5) is 0. The Labute approximate surface area is 109 Å². The zero-order valence-electron chi connectivity index (χ0n) is 11.0. The molecule has 1 aromatic carbocycles. The highest BCUT2D eigenvalue weighted by Gasteiger charge is 2.61. The molecule has 0 spiro atoms. The molecule has 3 aliphatic rings. The molecule has 1 heteroatoms. The van der Waals surface area contributed by atoms with Crippen LogP contribution in [0.5, 0.6) is 0 Å². The lowest BCUT2D eigenvalue weighted by atomic mass is 9.48. The van der Waals surface area contributed by atoms with Crippen LogP contribution >= 0.6 is 0 Å². The van der Waals surface area contributed by atoms with E-state index in [4.69, 9.17) is 4.74 Å². The summed E-state index contributed by atoms with van der Waals surface area (Å²) < 4.78 is 6.01. The molecule has 0 bridgehead atoms. The lowest BCUT2D eigenvalue weighted by Gasteiger charge is -2.53. The van der Waals surface area contributed by atoms with Gasteiger partial charge in [0.1, 0.15) is 0 Å². The summed E-state index contributed by atoms with van der Waals surface area (Å²) in [7, 11) is 0. The van der Waals surface area contributed by atoms with Gasteiger partial charge in [-0.15, -0.1) is 0 Å². The van der Waals surface area contributed by atoms with Crippen LogP contribution in [-0.4, -0.2) is 13.2 Å². The van der Waals surface area contributed by atoms with Gasteiger partial charge in [-0.05, 0) is 36.3 Å². The summed E-state index contributed by atoms with van der Waals surface area (Å²) in [6.45, 7) is 4.24. The van der Waals surface area contributed by atoms with Gasteiger partial charge < -0.3 is 4.74 Å². The Morgan fingerprint density at radius 1 is 1.22 bits per heavy atom. The topological polar surface area (TPSA) is 9.23 Å². The number of aryl methyl sites for hydroxylation is 1. The maximum atomic E-state index is 6.01. The number of benzene rings is 1. The Kier molecular flexibility index (Phi) is 2.09. The molecule has 0 aromatic heterocycles. The second kappa shape index (κ2) is 3.48. The van der Waals surface area contributed by atoms with Crippen molar-refractivity contribution in [3.63, 3.8) is 0 Å². The minimum atomic E-state index is 0.247. The smallest absolute Gasteiger partial charge is 0.0575 e. The standard InChI is InChI=1S/C17H20O/c1-13-5-4-9-16-10-8-14-6-2-3-7-15(14)17(13,16)12-18-11-16/h2-7,13H,8-12H2,1H3/t13-,16-,17-/m1/s1. The number of hydrogen-bond donors (Lipinski definition) is 0. The molecule has 0 N–H and O–H groups in total. The first-order valence-electron chi connectivity index (χ1n) is 7.11. The fourth-order valence-electron chi connectivity index (χ4n) is 4.76. The average molecular weight is 240 g/mol. The van der Waals surface area contributed by atoms with Gasteiger partial charge in [-0.3, -0.25) is 0 Å². The van der Waals surface area contributed by atoms with E-state index in [0.29, 0.717) is 11.3 Å². The van der Waals surface area contributed by atoms with Crippen molar-refractivity contribution in [3.05, 3.63) is 47.5 Å². The molecule has 4 rings (SSSR count). The van der Waals surface area contributed by atoms with E-state index in [2.05, 4.69) is 43.3 Å². The minimum Gasteiger partial charge on any atom is -0.380 e. The number of rotatable bonds is 0. The molecule has 2 aliphatic carbocycles. The molecule has 94 valence electrons. The fourth-order valence-corrected chi connectivity index (χ4v) is 4.76. The molecule has 1 heterocycles. The minimum absolute atomic E-state index is 0.247.